The van der Waals surface area contributed by atoms with Gasteiger partial charge in [-0.25, -0.2) is 4.79 Å². The molecule has 0 saturated carbocycles. The van der Waals surface area contributed by atoms with Crippen LogP contribution in [0.3, 0.4) is 0 Å². The summed E-state index contributed by atoms with van der Waals surface area (Å²) >= 11 is 0. The van der Waals surface area contributed by atoms with Crippen LogP contribution in [0.5, 0.6) is 5.75 Å². The van der Waals surface area contributed by atoms with Crippen LogP contribution < -0.4 is 15.4 Å². The number of carbonyl (C=O) groups excluding carboxylic acids is 1. The molecule has 3 rings (SSSR count). The second-order valence-corrected chi connectivity index (χ2v) is 7.94. The van der Waals surface area contributed by atoms with Crippen LogP contribution in [0.25, 0.3) is 0 Å². The largest absolute Gasteiger partial charge is 0.496 e. The molecule has 2 unspecified atom stereocenters. The number of hydrogen-bond donors (Lipinski definition) is 2. The van der Waals surface area contributed by atoms with Crippen molar-refractivity contribution in [2.75, 3.05) is 34.4 Å². The molecule has 0 radical (unpaired) electrons. The van der Waals surface area contributed by atoms with E-state index in [0.717, 1.165) is 31.6 Å². The van der Waals surface area contributed by atoms with Crippen molar-refractivity contribution < 1.29 is 19.0 Å². The molecular formula is C25H33N3O4. The molecule has 0 aliphatic carbocycles. The lowest BCUT2D eigenvalue weighted by Crippen LogP contribution is -2.41. The van der Waals surface area contributed by atoms with Gasteiger partial charge in [-0.05, 0) is 43.0 Å². The van der Waals surface area contributed by atoms with E-state index in [0.29, 0.717) is 29.7 Å². The predicted molar refractivity (Wildman–Crippen MR) is 125 cm³/mol. The second-order valence-electron chi connectivity index (χ2n) is 7.94. The third-order valence-electron chi connectivity index (χ3n) is 5.74. The summed E-state index contributed by atoms with van der Waals surface area (Å²) in [7, 11) is 4.64. The van der Waals surface area contributed by atoms with Crippen molar-refractivity contribution in [3.8, 4) is 5.75 Å². The van der Waals surface area contributed by atoms with Crippen LogP contribution in [0, 0.1) is 12.8 Å². The molecule has 7 heteroatoms. The highest BCUT2D eigenvalue weighted by Gasteiger charge is 2.27. The fourth-order valence-electron chi connectivity index (χ4n) is 3.95. The van der Waals surface area contributed by atoms with Crippen molar-refractivity contribution in [2.45, 2.75) is 32.4 Å². The molecule has 1 heterocycles. The number of carbonyl (C=O) groups is 1. The maximum Gasteiger partial charge on any atom is 0.341 e. The number of benzene rings is 2. The highest BCUT2D eigenvalue weighted by molar-refractivity contribution is 5.92. The van der Waals surface area contributed by atoms with Crippen molar-refractivity contribution in [1.29, 1.82) is 0 Å². The monoisotopic (exact) mass is 439 g/mol. The summed E-state index contributed by atoms with van der Waals surface area (Å²) in [5, 5.41) is 6.75. The fourth-order valence-corrected chi connectivity index (χ4v) is 3.95. The first-order chi connectivity index (χ1) is 15.5. The Morgan fingerprint density at radius 1 is 1.16 bits per heavy atom. The number of aliphatic imine (C=N–C) groups is 1. The van der Waals surface area contributed by atoms with Gasteiger partial charge in [0.25, 0.3) is 0 Å². The number of rotatable bonds is 7. The minimum Gasteiger partial charge on any atom is -0.496 e. The normalized spacial score (nSPS) is 18.7. The third kappa shape index (κ3) is 6.01. The molecule has 2 aromatic rings. The Kier molecular flexibility index (Phi) is 8.50. The van der Waals surface area contributed by atoms with Gasteiger partial charge in [-0.15, -0.1) is 0 Å². The maximum atomic E-state index is 12.0. The Morgan fingerprint density at radius 2 is 1.94 bits per heavy atom. The molecule has 1 aliphatic rings. The van der Waals surface area contributed by atoms with Gasteiger partial charge in [-0.1, -0.05) is 35.9 Å². The molecule has 2 aromatic carbocycles. The van der Waals surface area contributed by atoms with Gasteiger partial charge >= 0.3 is 5.97 Å². The van der Waals surface area contributed by atoms with E-state index >= 15 is 0 Å². The lowest BCUT2D eigenvalue weighted by molar-refractivity contribution is -0.0265. The summed E-state index contributed by atoms with van der Waals surface area (Å²) in [5.41, 5.74) is 3.79. The van der Waals surface area contributed by atoms with Gasteiger partial charge in [0.2, 0.25) is 0 Å². The first-order valence-corrected chi connectivity index (χ1v) is 10.9. The topological polar surface area (TPSA) is 81.2 Å². The Bertz CT molecular complexity index is 927. The van der Waals surface area contributed by atoms with Gasteiger partial charge < -0.3 is 24.8 Å². The molecule has 0 amide bonds. The Hall–Kier alpha value is -3.06. The number of guanidine groups is 1. The smallest absolute Gasteiger partial charge is 0.341 e. The first kappa shape index (κ1) is 23.6. The van der Waals surface area contributed by atoms with Crippen molar-refractivity contribution >= 4 is 11.9 Å². The number of methoxy groups -OCH3 is 2. The molecule has 0 bridgehead atoms. The van der Waals surface area contributed by atoms with Crippen LogP contribution in [-0.2, 0) is 16.0 Å². The average molecular weight is 440 g/mol. The van der Waals surface area contributed by atoms with Crippen LogP contribution in [0.1, 0.15) is 46.0 Å². The molecule has 2 N–H and O–H groups in total. The van der Waals surface area contributed by atoms with Crippen LogP contribution in [0.2, 0.25) is 0 Å². The Morgan fingerprint density at radius 3 is 2.62 bits per heavy atom. The summed E-state index contributed by atoms with van der Waals surface area (Å²) in [6.45, 7) is 4.16. The van der Waals surface area contributed by atoms with Gasteiger partial charge in [0.1, 0.15) is 11.3 Å². The molecule has 1 aliphatic heterocycles. The van der Waals surface area contributed by atoms with E-state index in [9.17, 15) is 4.79 Å². The molecule has 2 atom stereocenters. The summed E-state index contributed by atoms with van der Waals surface area (Å²) in [6.07, 6.45) is 2.24. The molecule has 1 fully saturated rings. The van der Waals surface area contributed by atoms with E-state index in [2.05, 4.69) is 46.8 Å². The van der Waals surface area contributed by atoms with Crippen LogP contribution in [-0.4, -0.2) is 46.3 Å². The molecule has 0 aromatic heterocycles. The van der Waals surface area contributed by atoms with E-state index in [4.69, 9.17) is 14.2 Å². The van der Waals surface area contributed by atoms with Crippen molar-refractivity contribution in [3.05, 3.63) is 64.7 Å². The quantitative estimate of drug-likeness (QED) is 0.390. The van der Waals surface area contributed by atoms with Crippen LogP contribution in [0.4, 0.5) is 0 Å². The van der Waals surface area contributed by atoms with Gasteiger partial charge in [-0.3, -0.25) is 4.99 Å². The van der Waals surface area contributed by atoms with E-state index < -0.39 is 5.97 Å². The standard InChI is InChI=1S/C25H33N3O4/c1-17-7-10-19(11-8-17)23-20(6-5-13-32-23)16-28-25(26-2)27-15-18-9-12-22(30-3)21(14-18)24(29)31-4/h7-12,14,20,23H,5-6,13,15-16H2,1-4H3,(H2,26,27,28). The number of hydrogen-bond acceptors (Lipinski definition) is 5. The summed E-state index contributed by atoms with van der Waals surface area (Å²) < 4.78 is 16.2. The molecular weight excluding hydrogens is 406 g/mol. The van der Waals surface area contributed by atoms with Gasteiger partial charge in [-0.2, -0.15) is 0 Å². The van der Waals surface area contributed by atoms with Crippen molar-refractivity contribution in [1.82, 2.24) is 10.6 Å². The molecule has 32 heavy (non-hydrogen) atoms. The predicted octanol–water partition coefficient (Wildman–Crippen LogP) is 3.62. The van der Waals surface area contributed by atoms with E-state index in [1.54, 1.807) is 19.2 Å². The summed E-state index contributed by atoms with van der Waals surface area (Å²) in [5.74, 6) is 1.12. The summed E-state index contributed by atoms with van der Waals surface area (Å²) in [6, 6.07) is 14.0. The van der Waals surface area contributed by atoms with E-state index in [-0.39, 0.29) is 6.10 Å². The fraction of sp³-hybridized carbons (Fsp3) is 0.440. The van der Waals surface area contributed by atoms with E-state index in [1.807, 2.05) is 6.07 Å². The minimum absolute atomic E-state index is 0.0826. The highest BCUT2D eigenvalue weighted by Crippen LogP contribution is 2.33. The number of aryl methyl sites for hydroxylation is 1. The highest BCUT2D eigenvalue weighted by atomic mass is 16.5. The summed E-state index contributed by atoms with van der Waals surface area (Å²) in [4.78, 5) is 16.4. The van der Waals surface area contributed by atoms with Crippen LogP contribution in [0.15, 0.2) is 47.5 Å². The molecule has 172 valence electrons. The lowest BCUT2D eigenvalue weighted by atomic mass is 9.89. The lowest BCUT2D eigenvalue weighted by Gasteiger charge is -2.32. The third-order valence-corrected chi connectivity index (χ3v) is 5.74. The zero-order valence-corrected chi connectivity index (χ0v) is 19.3. The van der Waals surface area contributed by atoms with Crippen molar-refractivity contribution in [3.63, 3.8) is 0 Å². The second kappa shape index (κ2) is 11.5. The number of esters is 1. The van der Waals surface area contributed by atoms with Gasteiger partial charge in [0.15, 0.2) is 5.96 Å². The molecule has 0 spiro atoms. The first-order valence-electron chi connectivity index (χ1n) is 10.9. The van der Waals surface area contributed by atoms with Gasteiger partial charge in [0.05, 0.1) is 20.3 Å². The minimum atomic E-state index is -0.425. The average Bonchev–Trinajstić information content (AvgIpc) is 2.84. The SMILES string of the molecule is CN=C(NCc1ccc(OC)c(C(=O)OC)c1)NCC1CCCOC1c1ccc(C)cc1. The van der Waals surface area contributed by atoms with Crippen molar-refractivity contribution in [2.24, 2.45) is 10.9 Å². The number of ether oxygens (including phenoxy) is 3. The molecule has 1 saturated heterocycles. The molecule has 7 nitrogen and oxygen atoms in total. The Labute approximate surface area is 190 Å². The number of nitrogens with zero attached hydrogens (tertiary/aromatic N) is 1. The van der Waals surface area contributed by atoms with Crippen LogP contribution >= 0.6 is 0 Å². The Balaban J connectivity index is 1.59. The number of nitrogens with one attached hydrogen (secondary N) is 2. The zero-order valence-electron chi connectivity index (χ0n) is 19.3. The van der Waals surface area contributed by atoms with E-state index in [1.165, 1.54) is 25.3 Å². The maximum absolute atomic E-state index is 12.0. The van der Waals surface area contributed by atoms with Gasteiger partial charge in [0, 0.05) is 32.7 Å². The zero-order chi connectivity index (χ0) is 22.9.